The number of aryl methyl sites for hydroxylation is 1. The normalized spacial score (nSPS) is 10.6. The minimum Gasteiger partial charge on any atom is -0.480 e. The molecule has 0 radical (unpaired) electrons. The number of carboxylic acids is 1. The molecule has 6 nitrogen and oxygen atoms in total. The quantitative estimate of drug-likeness (QED) is 0.851. The van der Waals surface area contributed by atoms with Gasteiger partial charge >= 0.3 is 11.7 Å². The molecule has 23 heavy (non-hydrogen) atoms. The van der Waals surface area contributed by atoms with Crippen molar-refractivity contribution >= 4 is 35.5 Å². The van der Waals surface area contributed by atoms with Crippen LogP contribution in [0.15, 0.2) is 29.1 Å². The summed E-state index contributed by atoms with van der Waals surface area (Å²) in [5, 5.41) is 10.4. The summed E-state index contributed by atoms with van der Waals surface area (Å²) in [5.74, 6) is -1.69. The molecule has 1 N–H and O–H groups in total. The van der Waals surface area contributed by atoms with Crippen LogP contribution in [-0.4, -0.2) is 27.4 Å². The van der Waals surface area contributed by atoms with Gasteiger partial charge in [0, 0.05) is 18.8 Å². The number of carboxylic acid groups (broad SMARTS) is 1. The number of anilines is 1. The number of hydrogen-bond acceptors (Lipinski definition) is 4. The van der Waals surface area contributed by atoms with Crippen LogP contribution >= 0.6 is 23.8 Å². The highest BCUT2D eigenvalue weighted by Crippen LogP contribution is 2.25. The Morgan fingerprint density at radius 1 is 1.43 bits per heavy atom. The molecular formula is C14H13ClFN3O3S. The van der Waals surface area contributed by atoms with Crippen molar-refractivity contribution in [1.82, 2.24) is 9.24 Å². The van der Waals surface area contributed by atoms with Crippen LogP contribution in [-0.2, 0) is 11.3 Å². The Bertz CT molecular complexity index is 894. The average Bonchev–Trinajstić information content (AvgIpc) is 2.45. The van der Waals surface area contributed by atoms with Crippen molar-refractivity contribution in [2.75, 3.05) is 12.1 Å². The van der Waals surface area contributed by atoms with Gasteiger partial charge in [-0.1, -0.05) is 23.8 Å². The molecule has 0 aliphatic heterocycles. The number of carbonyl (C=O) groups is 1. The largest absolute Gasteiger partial charge is 0.480 e. The van der Waals surface area contributed by atoms with Crippen molar-refractivity contribution in [2.24, 2.45) is 0 Å². The first kappa shape index (κ1) is 17.2. The number of benzene rings is 1. The molecule has 0 saturated carbocycles. The fourth-order valence-electron chi connectivity index (χ4n) is 2.12. The predicted molar refractivity (Wildman–Crippen MR) is 87.1 cm³/mol. The van der Waals surface area contributed by atoms with Crippen LogP contribution < -0.4 is 10.7 Å². The number of hydrogen-bond donors (Lipinski definition) is 1. The Hall–Kier alpha value is -2.19. The molecule has 0 bridgehead atoms. The molecule has 0 aliphatic carbocycles. The van der Waals surface area contributed by atoms with Crippen LogP contribution in [0.2, 0.25) is 5.02 Å². The molecule has 122 valence electrons. The molecule has 0 atom stereocenters. The SMILES string of the molecule is Cc1cc(=S)n(N(C)c2cc(F)ccc2Cl)c(=O)n1CC(=O)O. The van der Waals surface area contributed by atoms with Gasteiger partial charge in [0.25, 0.3) is 0 Å². The van der Waals surface area contributed by atoms with E-state index in [0.717, 1.165) is 15.3 Å². The number of nitrogens with zero attached hydrogens (tertiary/aromatic N) is 3. The maximum atomic E-state index is 13.5. The predicted octanol–water partition coefficient (Wildman–Crippen LogP) is 2.46. The van der Waals surface area contributed by atoms with Crippen molar-refractivity contribution in [3.63, 3.8) is 0 Å². The van der Waals surface area contributed by atoms with E-state index >= 15 is 0 Å². The molecule has 0 fully saturated rings. The van der Waals surface area contributed by atoms with E-state index in [1.807, 2.05) is 0 Å². The zero-order valence-corrected chi connectivity index (χ0v) is 13.9. The summed E-state index contributed by atoms with van der Waals surface area (Å²) in [6.07, 6.45) is 0. The van der Waals surface area contributed by atoms with Crippen LogP contribution in [0.5, 0.6) is 0 Å². The van der Waals surface area contributed by atoms with Crippen molar-refractivity contribution in [3.05, 3.63) is 55.9 Å². The van der Waals surface area contributed by atoms with E-state index in [1.54, 1.807) is 6.92 Å². The van der Waals surface area contributed by atoms with E-state index in [1.165, 1.54) is 30.3 Å². The van der Waals surface area contributed by atoms with Crippen LogP contribution in [0.1, 0.15) is 5.69 Å². The number of aromatic nitrogens is 2. The van der Waals surface area contributed by atoms with E-state index < -0.39 is 24.0 Å². The Kier molecular flexibility index (Phi) is 4.86. The first-order valence-corrected chi connectivity index (χ1v) is 7.25. The monoisotopic (exact) mass is 357 g/mol. The fraction of sp³-hybridized carbons (Fsp3) is 0.214. The molecule has 0 unspecified atom stereocenters. The van der Waals surface area contributed by atoms with E-state index in [9.17, 15) is 14.0 Å². The molecule has 1 heterocycles. The maximum Gasteiger partial charge on any atom is 0.349 e. The summed E-state index contributed by atoms with van der Waals surface area (Å²) >= 11 is 11.2. The summed E-state index contributed by atoms with van der Waals surface area (Å²) in [7, 11) is 1.48. The lowest BCUT2D eigenvalue weighted by Crippen LogP contribution is -2.43. The third kappa shape index (κ3) is 3.43. The second kappa shape index (κ2) is 6.51. The van der Waals surface area contributed by atoms with Gasteiger partial charge in [0.05, 0.1) is 10.7 Å². The third-order valence-corrected chi connectivity index (χ3v) is 3.84. The average molecular weight is 358 g/mol. The number of rotatable bonds is 4. The lowest BCUT2D eigenvalue weighted by molar-refractivity contribution is -0.137. The van der Waals surface area contributed by atoms with Crippen LogP contribution in [0.3, 0.4) is 0 Å². The highest BCUT2D eigenvalue weighted by Gasteiger charge is 2.16. The Morgan fingerprint density at radius 3 is 2.70 bits per heavy atom. The van der Waals surface area contributed by atoms with Gasteiger partial charge in [-0.3, -0.25) is 14.4 Å². The zero-order chi connectivity index (χ0) is 17.3. The molecule has 1 aromatic carbocycles. The molecule has 2 aromatic rings. The molecule has 0 aliphatic rings. The first-order valence-electron chi connectivity index (χ1n) is 6.46. The van der Waals surface area contributed by atoms with Gasteiger partial charge in [0.15, 0.2) is 0 Å². The van der Waals surface area contributed by atoms with Crippen molar-refractivity contribution in [2.45, 2.75) is 13.5 Å². The summed E-state index contributed by atoms with van der Waals surface area (Å²) in [4.78, 5) is 23.5. The van der Waals surface area contributed by atoms with Crippen molar-refractivity contribution in [1.29, 1.82) is 0 Å². The summed E-state index contributed by atoms with van der Waals surface area (Å²) in [6.45, 7) is 1.07. The lowest BCUT2D eigenvalue weighted by Gasteiger charge is -2.24. The van der Waals surface area contributed by atoms with Gasteiger partial charge in [-0.2, -0.15) is 4.68 Å². The smallest absolute Gasteiger partial charge is 0.349 e. The standard InChI is InChI=1S/C14H13ClFN3O3S/c1-8-5-12(23)19(14(22)18(8)7-13(20)21)17(2)11-6-9(16)3-4-10(11)15/h3-6H,7H2,1-2H3,(H,20,21). The Morgan fingerprint density at radius 2 is 2.09 bits per heavy atom. The minimum atomic E-state index is -1.16. The van der Waals surface area contributed by atoms with E-state index in [4.69, 9.17) is 28.9 Å². The van der Waals surface area contributed by atoms with Gasteiger partial charge in [0.2, 0.25) is 0 Å². The molecular weight excluding hydrogens is 345 g/mol. The minimum absolute atomic E-state index is 0.150. The van der Waals surface area contributed by atoms with Gasteiger partial charge in [0.1, 0.15) is 17.0 Å². The second-order valence-corrected chi connectivity index (χ2v) is 5.64. The van der Waals surface area contributed by atoms with Crippen LogP contribution in [0.25, 0.3) is 0 Å². The van der Waals surface area contributed by atoms with Gasteiger partial charge < -0.3 is 5.11 Å². The van der Waals surface area contributed by atoms with E-state index in [-0.39, 0.29) is 15.4 Å². The topological polar surface area (TPSA) is 67.5 Å². The second-order valence-electron chi connectivity index (χ2n) is 4.82. The fourth-order valence-corrected chi connectivity index (χ4v) is 2.73. The molecule has 1 aromatic heterocycles. The third-order valence-electron chi connectivity index (χ3n) is 3.23. The van der Waals surface area contributed by atoms with E-state index in [0.29, 0.717) is 5.69 Å². The Labute approximate surface area is 140 Å². The lowest BCUT2D eigenvalue weighted by atomic mass is 10.3. The highest BCUT2D eigenvalue weighted by atomic mass is 35.5. The molecule has 2 rings (SSSR count). The van der Waals surface area contributed by atoms with Crippen LogP contribution in [0.4, 0.5) is 10.1 Å². The summed E-state index contributed by atoms with van der Waals surface area (Å²) < 4.78 is 15.7. The van der Waals surface area contributed by atoms with Gasteiger partial charge in [-0.15, -0.1) is 0 Å². The number of aliphatic carboxylic acids is 1. The van der Waals surface area contributed by atoms with Crippen LogP contribution in [0, 0.1) is 17.4 Å². The van der Waals surface area contributed by atoms with Gasteiger partial charge in [-0.25, -0.2) is 9.18 Å². The molecule has 9 heteroatoms. The van der Waals surface area contributed by atoms with E-state index in [2.05, 4.69) is 0 Å². The first-order chi connectivity index (χ1) is 10.7. The van der Waals surface area contributed by atoms with Crippen molar-refractivity contribution < 1.29 is 14.3 Å². The van der Waals surface area contributed by atoms with Crippen molar-refractivity contribution in [3.8, 4) is 0 Å². The zero-order valence-electron chi connectivity index (χ0n) is 12.3. The van der Waals surface area contributed by atoms with Gasteiger partial charge in [-0.05, 0) is 25.1 Å². The summed E-state index contributed by atoms with van der Waals surface area (Å²) in [5.41, 5.74) is -0.0109. The number of halogens is 2. The Balaban J connectivity index is 2.68. The molecule has 0 amide bonds. The molecule has 0 spiro atoms. The maximum absolute atomic E-state index is 13.5. The summed E-state index contributed by atoms with van der Waals surface area (Å²) in [6, 6.07) is 5.20. The highest BCUT2D eigenvalue weighted by molar-refractivity contribution is 7.71. The molecule has 0 saturated heterocycles.